The van der Waals surface area contributed by atoms with Crippen LogP contribution in [0.4, 0.5) is 0 Å². The van der Waals surface area contributed by atoms with E-state index < -0.39 is 0 Å². The lowest BCUT2D eigenvalue weighted by molar-refractivity contribution is 0.403. The first-order valence-electron chi connectivity index (χ1n) is 5.98. The van der Waals surface area contributed by atoms with Gasteiger partial charge in [-0.05, 0) is 40.2 Å². The molecule has 21 heavy (non-hydrogen) atoms. The fourth-order valence-electron chi connectivity index (χ4n) is 2.05. The minimum atomic E-state index is -0.144. The van der Waals surface area contributed by atoms with Gasteiger partial charge in [-0.25, -0.2) is 0 Å². The second kappa shape index (κ2) is 7.23. The minimum Gasteiger partial charge on any atom is -0.496 e. The van der Waals surface area contributed by atoms with E-state index in [0.29, 0.717) is 15.8 Å². The smallest absolute Gasteiger partial charge is 0.137 e. The average molecular weight is 455 g/mol. The predicted octanol–water partition coefficient (Wildman–Crippen LogP) is 6.26. The van der Waals surface area contributed by atoms with Crippen LogP contribution in [0.1, 0.15) is 16.0 Å². The van der Waals surface area contributed by atoms with Crippen molar-refractivity contribution in [3.8, 4) is 11.5 Å². The summed E-state index contributed by atoms with van der Waals surface area (Å²) >= 11 is 19.3. The summed E-state index contributed by atoms with van der Waals surface area (Å²) in [6, 6.07) is 9.16. The summed E-state index contributed by atoms with van der Waals surface area (Å²) < 4.78 is 11.7. The number of halogens is 4. The number of rotatable bonds is 4. The molecule has 0 spiro atoms. The van der Waals surface area contributed by atoms with Crippen LogP contribution in [0.3, 0.4) is 0 Å². The molecule has 0 saturated carbocycles. The van der Waals surface area contributed by atoms with E-state index in [1.165, 1.54) is 0 Å². The molecule has 0 aliphatic heterocycles. The van der Waals surface area contributed by atoms with Crippen LogP contribution < -0.4 is 9.47 Å². The summed E-state index contributed by atoms with van der Waals surface area (Å²) in [5.74, 6) is 1.42. The van der Waals surface area contributed by atoms with Gasteiger partial charge >= 0.3 is 0 Å². The van der Waals surface area contributed by atoms with Crippen molar-refractivity contribution >= 4 is 55.1 Å². The Balaban J connectivity index is 2.57. The van der Waals surface area contributed by atoms with Crippen LogP contribution in [-0.2, 0) is 0 Å². The molecule has 0 aliphatic rings. The summed E-state index contributed by atoms with van der Waals surface area (Å²) in [6.45, 7) is 0. The molecule has 0 saturated heterocycles. The van der Waals surface area contributed by atoms with Gasteiger partial charge in [0.15, 0.2) is 0 Å². The highest BCUT2D eigenvalue weighted by atomic mass is 79.9. The number of alkyl halides is 1. The molecule has 0 bridgehead atoms. The summed E-state index contributed by atoms with van der Waals surface area (Å²) in [5.41, 5.74) is 1.84. The fraction of sp³-hybridized carbons (Fsp3) is 0.200. The lowest BCUT2D eigenvalue weighted by Gasteiger charge is -2.19. The first-order chi connectivity index (χ1) is 9.97. The highest BCUT2D eigenvalue weighted by Gasteiger charge is 2.21. The molecule has 0 N–H and O–H groups in total. The third kappa shape index (κ3) is 3.67. The van der Waals surface area contributed by atoms with E-state index in [9.17, 15) is 0 Å². The zero-order valence-corrected chi connectivity index (χ0v) is 16.0. The normalized spacial score (nSPS) is 12.1. The van der Waals surface area contributed by atoms with Gasteiger partial charge in [0.1, 0.15) is 11.5 Å². The van der Waals surface area contributed by atoms with Crippen LogP contribution in [-0.4, -0.2) is 14.2 Å². The predicted molar refractivity (Wildman–Crippen MR) is 94.5 cm³/mol. The van der Waals surface area contributed by atoms with E-state index in [1.54, 1.807) is 26.4 Å². The Bertz CT molecular complexity index is 662. The third-order valence-electron chi connectivity index (χ3n) is 2.98. The van der Waals surface area contributed by atoms with Gasteiger partial charge in [-0.1, -0.05) is 45.2 Å². The molecule has 0 fully saturated rings. The maximum absolute atomic E-state index is 6.15. The molecular formula is C15H12Br2Cl2O2. The summed E-state index contributed by atoms with van der Waals surface area (Å²) in [7, 11) is 3.23. The number of methoxy groups -OCH3 is 2. The molecule has 0 amide bonds. The first kappa shape index (κ1) is 16.9. The van der Waals surface area contributed by atoms with Crippen LogP contribution in [0, 0.1) is 0 Å². The standard InChI is InChI=1S/C15H12Br2Cl2O2/c1-20-13-7-8(18)3-4-10(13)14(17)11-5-9(19)6-12(16)15(11)21-2/h3-7,14H,1-2H3. The van der Waals surface area contributed by atoms with Crippen LogP contribution in [0.5, 0.6) is 11.5 Å². The van der Waals surface area contributed by atoms with Crippen molar-refractivity contribution in [2.75, 3.05) is 14.2 Å². The number of ether oxygens (including phenoxy) is 2. The molecule has 2 aromatic carbocycles. The third-order valence-corrected chi connectivity index (χ3v) is 5.01. The summed E-state index contributed by atoms with van der Waals surface area (Å²) in [5, 5.41) is 1.24. The van der Waals surface area contributed by atoms with Gasteiger partial charge in [-0.2, -0.15) is 0 Å². The second-order valence-electron chi connectivity index (χ2n) is 4.26. The van der Waals surface area contributed by atoms with Crippen molar-refractivity contribution in [1.29, 1.82) is 0 Å². The van der Waals surface area contributed by atoms with Crippen LogP contribution in [0.2, 0.25) is 10.0 Å². The summed E-state index contributed by atoms with van der Waals surface area (Å²) in [4.78, 5) is -0.144. The largest absolute Gasteiger partial charge is 0.496 e. The van der Waals surface area contributed by atoms with Crippen molar-refractivity contribution < 1.29 is 9.47 Å². The maximum Gasteiger partial charge on any atom is 0.137 e. The SMILES string of the molecule is COc1cc(Cl)ccc1C(Br)c1cc(Cl)cc(Br)c1OC. The maximum atomic E-state index is 6.15. The van der Waals surface area contributed by atoms with Gasteiger partial charge < -0.3 is 9.47 Å². The fourth-order valence-corrected chi connectivity index (χ4v) is 3.92. The highest BCUT2D eigenvalue weighted by Crippen LogP contribution is 2.44. The van der Waals surface area contributed by atoms with Crippen molar-refractivity contribution in [1.82, 2.24) is 0 Å². The highest BCUT2D eigenvalue weighted by molar-refractivity contribution is 9.10. The lowest BCUT2D eigenvalue weighted by atomic mass is 10.0. The Morgan fingerprint density at radius 2 is 1.67 bits per heavy atom. The molecule has 0 aromatic heterocycles. The Morgan fingerprint density at radius 3 is 2.29 bits per heavy atom. The van der Waals surface area contributed by atoms with Crippen LogP contribution >= 0.6 is 55.1 Å². The molecule has 0 aliphatic carbocycles. The molecule has 2 rings (SSSR count). The minimum absolute atomic E-state index is 0.144. The average Bonchev–Trinajstić information content (AvgIpc) is 2.45. The van der Waals surface area contributed by atoms with E-state index in [0.717, 1.165) is 21.3 Å². The topological polar surface area (TPSA) is 18.5 Å². The van der Waals surface area contributed by atoms with E-state index in [2.05, 4.69) is 31.9 Å². The monoisotopic (exact) mass is 452 g/mol. The molecule has 1 unspecified atom stereocenters. The van der Waals surface area contributed by atoms with Crippen molar-refractivity contribution in [3.05, 3.63) is 56.0 Å². The number of benzene rings is 2. The Hall–Kier alpha value is -0.420. The van der Waals surface area contributed by atoms with Crippen LogP contribution in [0.25, 0.3) is 0 Å². The van der Waals surface area contributed by atoms with Gasteiger partial charge in [0.05, 0.1) is 23.5 Å². The van der Waals surface area contributed by atoms with Crippen LogP contribution in [0.15, 0.2) is 34.8 Å². The molecular weight excluding hydrogens is 443 g/mol. The summed E-state index contributed by atoms with van der Waals surface area (Å²) in [6.07, 6.45) is 0. The number of hydrogen-bond donors (Lipinski definition) is 0. The quantitative estimate of drug-likeness (QED) is 0.508. The first-order valence-corrected chi connectivity index (χ1v) is 8.44. The van der Waals surface area contributed by atoms with Gasteiger partial charge in [0.2, 0.25) is 0 Å². The van der Waals surface area contributed by atoms with Crippen molar-refractivity contribution in [3.63, 3.8) is 0 Å². The van der Waals surface area contributed by atoms with Crippen molar-refractivity contribution in [2.45, 2.75) is 4.83 Å². The van der Waals surface area contributed by atoms with E-state index in [1.807, 2.05) is 18.2 Å². The van der Waals surface area contributed by atoms with E-state index in [4.69, 9.17) is 32.7 Å². The van der Waals surface area contributed by atoms with E-state index in [-0.39, 0.29) is 4.83 Å². The Kier molecular flexibility index (Phi) is 5.83. The number of hydrogen-bond acceptors (Lipinski definition) is 2. The lowest BCUT2D eigenvalue weighted by Crippen LogP contribution is -2.00. The van der Waals surface area contributed by atoms with Gasteiger partial charge in [-0.15, -0.1) is 0 Å². The van der Waals surface area contributed by atoms with Gasteiger partial charge in [-0.3, -0.25) is 0 Å². The second-order valence-corrected chi connectivity index (χ2v) is 6.90. The zero-order chi connectivity index (χ0) is 15.6. The van der Waals surface area contributed by atoms with Gasteiger partial charge in [0, 0.05) is 21.2 Å². The van der Waals surface area contributed by atoms with Gasteiger partial charge in [0.25, 0.3) is 0 Å². The molecule has 2 aromatic rings. The molecule has 0 radical (unpaired) electrons. The zero-order valence-electron chi connectivity index (χ0n) is 11.3. The molecule has 1 atom stereocenters. The Morgan fingerprint density at radius 1 is 0.952 bits per heavy atom. The molecule has 0 heterocycles. The Labute approximate surface area is 150 Å². The van der Waals surface area contributed by atoms with Crippen molar-refractivity contribution in [2.24, 2.45) is 0 Å². The van der Waals surface area contributed by atoms with E-state index >= 15 is 0 Å². The molecule has 112 valence electrons. The molecule has 2 nitrogen and oxygen atoms in total. The molecule has 6 heteroatoms.